The van der Waals surface area contributed by atoms with Gasteiger partial charge in [-0.3, -0.25) is 24.4 Å². The van der Waals surface area contributed by atoms with E-state index in [1.165, 1.54) is 0 Å². The van der Waals surface area contributed by atoms with Crippen LogP contribution in [0.2, 0.25) is 0 Å². The molecule has 0 bridgehead atoms. The van der Waals surface area contributed by atoms with Crippen LogP contribution >= 0.6 is 0 Å². The summed E-state index contributed by atoms with van der Waals surface area (Å²) < 4.78 is 0. The molecule has 2 aromatic carbocycles. The molecular weight excluding hydrogens is 362 g/mol. The molecular formula is C19H17N5O4. The van der Waals surface area contributed by atoms with Gasteiger partial charge in [-0.15, -0.1) is 5.53 Å². The fourth-order valence-corrected chi connectivity index (χ4v) is 2.52. The molecule has 0 radical (unpaired) electrons. The van der Waals surface area contributed by atoms with Crippen molar-refractivity contribution >= 4 is 23.8 Å². The Bertz CT molecular complexity index is 1080. The van der Waals surface area contributed by atoms with E-state index in [9.17, 15) is 19.2 Å². The normalized spacial score (nSPS) is 10.3. The summed E-state index contributed by atoms with van der Waals surface area (Å²) in [6.07, 6.45) is 0.339. The SMILES string of the molecule is Cc1cccc(N(NN(C=O)c2cc(=O)[nH]c(=O)[nH]2)C(=O)c2ccccc2)c1. The van der Waals surface area contributed by atoms with E-state index >= 15 is 0 Å². The number of aromatic amines is 2. The number of nitrogens with zero attached hydrogens (tertiary/aromatic N) is 2. The second-order valence-electron chi connectivity index (χ2n) is 5.89. The number of H-pyrrole nitrogens is 2. The molecule has 0 unspecified atom stereocenters. The van der Waals surface area contributed by atoms with Gasteiger partial charge in [-0.1, -0.05) is 30.3 Å². The van der Waals surface area contributed by atoms with Crippen LogP contribution in [0.1, 0.15) is 15.9 Å². The highest BCUT2D eigenvalue weighted by atomic mass is 16.2. The van der Waals surface area contributed by atoms with E-state index in [0.717, 1.165) is 21.6 Å². The molecule has 0 aliphatic carbocycles. The maximum atomic E-state index is 13.1. The van der Waals surface area contributed by atoms with Crippen LogP contribution in [-0.2, 0) is 4.79 Å². The first kappa shape index (κ1) is 18.8. The second kappa shape index (κ2) is 8.14. The third kappa shape index (κ3) is 4.22. The van der Waals surface area contributed by atoms with Crippen molar-refractivity contribution < 1.29 is 9.59 Å². The van der Waals surface area contributed by atoms with E-state index in [0.29, 0.717) is 17.7 Å². The van der Waals surface area contributed by atoms with Gasteiger partial charge in [-0.2, -0.15) is 0 Å². The van der Waals surface area contributed by atoms with Gasteiger partial charge in [0, 0.05) is 11.6 Å². The van der Waals surface area contributed by atoms with Gasteiger partial charge in [-0.25, -0.2) is 14.8 Å². The zero-order valence-corrected chi connectivity index (χ0v) is 14.9. The summed E-state index contributed by atoms with van der Waals surface area (Å²) in [5.74, 6) is -0.562. The summed E-state index contributed by atoms with van der Waals surface area (Å²) in [6.45, 7) is 1.86. The Hall–Kier alpha value is -3.98. The van der Waals surface area contributed by atoms with E-state index in [-0.39, 0.29) is 5.82 Å². The van der Waals surface area contributed by atoms with Crippen LogP contribution in [0, 0.1) is 6.92 Å². The smallest absolute Gasteiger partial charge is 0.292 e. The molecule has 0 saturated carbocycles. The van der Waals surface area contributed by atoms with Crippen LogP contribution in [0.4, 0.5) is 11.5 Å². The lowest BCUT2D eigenvalue weighted by atomic mass is 10.2. The standard InChI is InChI=1S/C19H17N5O4/c1-13-6-5-9-15(10-13)24(18(27)14-7-3-2-4-8-14)22-23(12-25)16-11-17(26)21-19(28)20-16/h2-12,22H,1H3,(H2,20,21,26,28). The summed E-state index contributed by atoms with van der Waals surface area (Å²) in [7, 11) is 0. The van der Waals surface area contributed by atoms with E-state index < -0.39 is 17.2 Å². The van der Waals surface area contributed by atoms with Gasteiger partial charge in [-0.05, 0) is 36.8 Å². The average Bonchev–Trinajstić information content (AvgIpc) is 2.68. The lowest BCUT2D eigenvalue weighted by Crippen LogP contribution is -2.53. The van der Waals surface area contributed by atoms with Crippen molar-refractivity contribution in [1.82, 2.24) is 15.5 Å². The van der Waals surface area contributed by atoms with Gasteiger partial charge in [0.1, 0.15) is 5.82 Å². The number of carbonyl (C=O) groups excluding carboxylic acids is 2. The molecule has 28 heavy (non-hydrogen) atoms. The summed E-state index contributed by atoms with van der Waals surface area (Å²) in [5.41, 5.74) is 2.90. The van der Waals surface area contributed by atoms with Gasteiger partial charge in [0.05, 0.1) is 5.69 Å². The Morgan fingerprint density at radius 3 is 2.39 bits per heavy atom. The molecule has 3 N–H and O–H groups in total. The summed E-state index contributed by atoms with van der Waals surface area (Å²) in [4.78, 5) is 52.1. The number of hydrazine groups is 2. The summed E-state index contributed by atoms with van der Waals surface area (Å²) in [6, 6.07) is 16.5. The number of hydrogen-bond acceptors (Lipinski definition) is 5. The van der Waals surface area contributed by atoms with Crippen molar-refractivity contribution in [3.63, 3.8) is 0 Å². The number of carbonyl (C=O) groups is 2. The highest BCUT2D eigenvalue weighted by molar-refractivity contribution is 6.05. The van der Waals surface area contributed by atoms with E-state index in [4.69, 9.17) is 0 Å². The molecule has 0 aliphatic heterocycles. The predicted molar refractivity (Wildman–Crippen MR) is 104 cm³/mol. The largest absolute Gasteiger partial charge is 0.327 e. The van der Waals surface area contributed by atoms with Crippen molar-refractivity contribution in [3.8, 4) is 0 Å². The van der Waals surface area contributed by atoms with Crippen LogP contribution in [0.25, 0.3) is 0 Å². The van der Waals surface area contributed by atoms with Crippen LogP contribution in [0.15, 0.2) is 70.3 Å². The first-order chi connectivity index (χ1) is 13.5. The number of amides is 2. The number of aryl methyl sites for hydroxylation is 1. The molecule has 0 atom stereocenters. The maximum absolute atomic E-state index is 13.1. The Labute approximate surface area is 159 Å². The third-order valence-electron chi connectivity index (χ3n) is 3.80. The highest BCUT2D eigenvalue weighted by Gasteiger charge is 2.21. The molecule has 3 rings (SSSR count). The molecule has 0 aliphatic rings. The van der Waals surface area contributed by atoms with E-state index in [1.54, 1.807) is 48.5 Å². The minimum Gasteiger partial charge on any atom is -0.292 e. The van der Waals surface area contributed by atoms with Crippen molar-refractivity contribution in [1.29, 1.82) is 0 Å². The topological polar surface area (TPSA) is 118 Å². The van der Waals surface area contributed by atoms with Gasteiger partial charge in [0.15, 0.2) is 0 Å². The molecule has 2 amide bonds. The van der Waals surface area contributed by atoms with Gasteiger partial charge < -0.3 is 0 Å². The predicted octanol–water partition coefficient (Wildman–Crippen LogP) is 1.10. The van der Waals surface area contributed by atoms with Crippen molar-refractivity contribution in [2.45, 2.75) is 6.92 Å². The fourth-order valence-electron chi connectivity index (χ4n) is 2.52. The number of hydrogen-bond donors (Lipinski definition) is 3. The molecule has 1 aromatic heterocycles. The van der Waals surface area contributed by atoms with Crippen LogP contribution in [0.5, 0.6) is 0 Å². The minimum atomic E-state index is -0.785. The molecule has 9 nitrogen and oxygen atoms in total. The zero-order chi connectivity index (χ0) is 20.1. The molecule has 9 heteroatoms. The molecule has 1 heterocycles. The monoisotopic (exact) mass is 379 g/mol. The van der Waals surface area contributed by atoms with Gasteiger partial charge >= 0.3 is 5.69 Å². The van der Waals surface area contributed by atoms with Crippen LogP contribution in [-0.4, -0.2) is 22.3 Å². The van der Waals surface area contributed by atoms with Crippen molar-refractivity contribution in [2.75, 3.05) is 10.0 Å². The summed E-state index contributed by atoms with van der Waals surface area (Å²) in [5, 5.41) is 1.98. The Morgan fingerprint density at radius 2 is 1.75 bits per heavy atom. The van der Waals surface area contributed by atoms with E-state index in [2.05, 4.69) is 10.5 Å². The average molecular weight is 379 g/mol. The molecule has 0 fully saturated rings. The molecule has 142 valence electrons. The highest BCUT2D eigenvalue weighted by Crippen LogP contribution is 2.18. The first-order valence-electron chi connectivity index (χ1n) is 8.28. The fraction of sp³-hybridized carbons (Fsp3) is 0.0526. The van der Waals surface area contributed by atoms with E-state index in [1.807, 2.05) is 18.0 Å². The second-order valence-corrected chi connectivity index (χ2v) is 5.89. The van der Waals surface area contributed by atoms with Gasteiger partial charge in [0.2, 0.25) is 6.41 Å². The number of rotatable bonds is 6. The molecule has 0 saturated heterocycles. The van der Waals surface area contributed by atoms with Crippen LogP contribution in [0.3, 0.4) is 0 Å². The minimum absolute atomic E-state index is 0.123. The number of anilines is 2. The first-order valence-corrected chi connectivity index (χ1v) is 8.28. The number of aromatic nitrogens is 2. The molecule has 0 spiro atoms. The zero-order valence-electron chi connectivity index (χ0n) is 14.9. The Kier molecular flexibility index (Phi) is 5.47. The maximum Gasteiger partial charge on any atom is 0.327 e. The third-order valence-corrected chi connectivity index (χ3v) is 3.80. The van der Waals surface area contributed by atoms with Crippen LogP contribution < -0.4 is 26.8 Å². The summed E-state index contributed by atoms with van der Waals surface area (Å²) >= 11 is 0. The Balaban J connectivity index is 2.03. The lowest BCUT2D eigenvalue weighted by molar-refractivity contribution is -0.108. The van der Waals surface area contributed by atoms with Crippen molar-refractivity contribution in [3.05, 3.63) is 92.6 Å². The van der Waals surface area contributed by atoms with Crippen molar-refractivity contribution in [2.24, 2.45) is 0 Å². The van der Waals surface area contributed by atoms with Gasteiger partial charge in [0.25, 0.3) is 11.5 Å². The molecule has 3 aromatic rings. The number of benzene rings is 2. The Morgan fingerprint density at radius 1 is 1.00 bits per heavy atom. The number of nitrogens with one attached hydrogen (secondary N) is 3. The quantitative estimate of drug-likeness (QED) is 0.438. The lowest BCUT2D eigenvalue weighted by Gasteiger charge is -2.28.